The van der Waals surface area contributed by atoms with E-state index in [1.165, 1.54) is 18.3 Å². The Kier molecular flexibility index (Phi) is 6.26. The Balaban J connectivity index is 0.000000172. The van der Waals surface area contributed by atoms with E-state index in [4.69, 9.17) is 17.3 Å². The summed E-state index contributed by atoms with van der Waals surface area (Å²) in [5, 5.41) is 1.70. The van der Waals surface area contributed by atoms with Crippen LogP contribution in [0.1, 0.15) is 35.2 Å². The van der Waals surface area contributed by atoms with Gasteiger partial charge in [-0.1, -0.05) is 43.1 Å². The van der Waals surface area contributed by atoms with Crippen molar-refractivity contribution in [1.82, 2.24) is 15.0 Å². The molecule has 0 saturated carbocycles. The standard InChI is InChI=1S/C12H13N3O.C9H5ClF3N/c1-2-5-9-8-6-3-4-7-10(8)15-12(14-9)11(13)16;10-7-2-1-6(9(11,12)13)8-5(7)3-4-14-8/h3-4,6-7H,2,5H2,1H3,(H2,13,16);1-4,14H. The molecule has 0 saturated heterocycles. The molecule has 30 heavy (non-hydrogen) atoms. The van der Waals surface area contributed by atoms with Crippen molar-refractivity contribution in [2.45, 2.75) is 25.9 Å². The lowest BCUT2D eigenvalue weighted by Gasteiger charge is -2.08. The van der Waals surface area contributed by atoms with E-state index in [9.17, 15) is 18.0 Å². The average molecular weight is 435 g/mol. The number of rotatable bonds is 3. The van der Waals surface area contributed by atoms with Gasteiger partial charge >= 0.3 is 6.18 Å². The van der Waals surface area contributed by atoms with Crippen LogP contribution in [0.4, 0.5) is 13.2 Å². The predicted octanol–water partition coefficient (Wildman–Crippen LogP) is 5.52. The average Bonchev–Trinajstić information content (AvgIpc) is 3.18. The highest BCUT2D eigenvalue weighted by atomic mass is 35.5. The zero-order valence-corrected chi connectivity index (χ0v) is 16.7. The first-order chi connectivity index (χ1) is 14.2. The van der Waals surface area contributed by atoms with E-state index in [1.807, 2.05) is 24.3 Å². The highest BCUT2D eigenvalue weighted by molar-refractivity contribution is 6.35. The number of aromatic nitrogens is 3. The third kappa shape index (κ3) is 4.54. The minimum Gasteiger partial charge on any atom is -0.363 e. The zero-order valence-electron chi connectivity index (χ0n) is 15.9. The number of hydrogen-bond donors (Lipinski definition) is 2. The SMILES string of the molecule is CCCc1nc(C(N)=O)nc2ccccc12.FC(F)(F)c1ccc(Cl)c2cc[nH]c12. The molecular weight excluding hydrogens is 417 g/mol. The molecule has 0 aliphatic heterocycles. The van der Waals surface area contributed by atoms with Gasteiger partial charge in [-0.2, -0.15) is 13.2 Å². The lowest BCUT2D eigenvalue weighted by Crippen LogP contribution is -2.16. The molecule has 9 heteroatoms. The number of para-hydroxylation sites is 1. The topological polar surface area (TPSA) is 84.7 Å². The minimum absolute atomic E-state index is 0.0324. The zero-order chi connectivity index (χ0) is 21.9. The van der Waals surface area contributed by atoms with Crippen molar-refractivity contribution in [3.63, 3.8) is 0 Å². The molecule has 2 aromatic carbocycles. The van der Waals surface area contributed by atoms with E-state index in [0.29, 0.717) is 10.4 Å². The van der Waals surface area contributed by atoms with Crippen molar-refractivity contribution >= 4 is 39.3 Å². The molecule has 0 spiro atoms. The molecule has 4 aromatic rings. The number of amides is 1. The summed E-state index contributed by atoms with van der Waals surface area (Å²) in [5.41, 5.74) is 6.21. The Morgan fingerprint density at radius 3 is 2.50 bits per heavy atom. The largest absolute Gasteiger partial charge is 0.418 e. The van der Waals surface area contributed by atoms with E-state index in [2.05, 4.69) is 21.9 Å². The van der Waals surface area contributed by atoms with Gasteiger partial charge in [-0.3, -0.25) is 4.79 Å². The van der Waals surface area contributed by atoms with E-state index < -0.39 is 17.6 Å². The third-order valence-corrected chi connectivity index (χ3v) is 4.69. The lowest BCUT2D eigenvalue weighted by molar-refractivity contribution is -0.136. The lowest BCUT2D eigenvalue weighted by atomic mass is 10.1. The van der Waals surface area contributed by atoms with Crippen LogP contribution in [0.3, 0.4) is 0 Å². The van der Waals surface area contributed by atoms with Crippen molar-refractivity contribution in [2.75, 3.05) is 0 Å². The molecule has 0 aliphatic rings. The van der Waals surface area contributed by atoms with Crippen LogP contribution in [0, 0.1) is 0 Å². The molecule has 0 fully saturated rings. The van der Waals surface area contributed by atoms with E-state index in [1.54, 1.807) is 0 Å². The van der Waals surface area contributed by atoms with Crippen LogP contribution in [-0.4, -0.2) is 20.9 Å². The van der Waals surface area contributed by atoms with Crippen molar-refractivity contribution in [3.8, 4) is 0 Å². The maximum Gasteiger partial charge on any atom is 0.418 e. The summed E-state index contributed by atoms with van der Waals surface area (Å²) in [7, 11) is 0. The van der Waals surface area contributed by atoms with E-state index in [-0.39, 0.29) is 11.3 Å². The Morgan fingerprint density at radius 2 is 1.83 bits per heavy atom. The number of nitrogens with one attached hydrogen (secondary N) is 1. The Bertz CT molecular complexity index is 1200. The molecule has 1 amide bonds. The molecule has 4 rings (SSSR count). The molecule has 0 aliphatic carbocycles. The number of nitrogens with zero attached hydrogens (tertiary/aromatic N) is 2. The Hall–Kier alpha value is -3.13. The number of hydrogen-bond acceptors (Lipinski definition) is 3. The molecule has 2 aromatic heterocycles. The molecule has 0 atom stereocenters. The number of benzene rings is 2. The van der Waals surface area contributed by atoms with Gasteiger partial charge in [-0.25, -0.2) is 9.97 Å². The summed E-state index contributed by atoms with van der Waals surface area (Å²) < 4.78 is 37.4. The molecule has 0 bridgehead atoms. The van der Waals surface area contributed by atoms with Crippen LogP contribution in [-0.2, 0) is 12.6 Å². The quantitative estimate of drug-likeness (QED) is 0.445. The Morgan fingerprint density at radius 1 is 1.10 bits per heavy atom. The van der Waals surface area contributed by atoms with Gasteiger partial charge in [-0.05, 0) is 30.7 Å². The monoisotopic (exact) mass is 434 g/mol. The van der Waals surface area contributed by atoms with Crippen LogP contribution < -0.4 is 5.73 Å². The van der Waals surface area contributed by atoms with Gasteiger partial charge in [0.1, 0.15) is 0 Å². The van der Waals surface area contributed by atoms with Gasteiger partial charge in [0.05, 0.1) is 22.3 Å². The molecule has 0 radical (unpaired) electrons. The number of alkyl halides is 3. The molecule has 0 unspecified atom stereocenters. The second-order valence-corrected chi connectivity index (χ2v) is 6.89. The minimum atomic E-state index is -4.35. The van der Waals surface area contributed by atoms with Gasteiger partial charge in [0.2, 0.25) is 5.82 Å². The van der Waals surface area contributed by atoms with Crippen LogP contribution in [0.15, 0.2) is 48.7 Å². The number of H-pyrrole nitrogens is 1. The predicted molar refractivity (Wildman–Crippen MR) is 110 cm³/mol. The van der Waals surface area contributed by atoms with Crippen molar-refractivity contribution in [2.24, 2.45) is 5.73 Å². The summed E-state index contributed by atoms with van der Waals surface area (Å²) in [5.74, 6) is -0.481. The molecule has 156 valence electrons. The first kappa shape index (κ1) is 21.6. The highest BCUT2D eigenvalue weighted by Gasteiger charge is 2.33. The second kappa shape index (κ2) is 8.71. The van der Waals surface area contributed by atoms with Gasteiger partial charge < -0.3 is 10.7 Å². The molecule has 5 nitrogen and oxygen atoms in total. The number of primary amides is 1. The second-order valence-electron chi connectivity index (χ2n) is 6.48. The summed E-state index contributed by atoms with van der Waals surface area (Å²) in [6.07, 6.45) is -1.12. The van der Waals surface area contributed by atoms with Crippen LogP contribution >= 0.6 is 11.6 Å². The number of nitrogens with two attached hydrogens (primary N) is 1. The molecule has 2 heterocycles. The van der Waals surface area contributed by atoms with Crippen molar-refractivity contribution in [3.05, 3.63) is 70.8 Å². The summed E-state index contributed by atoms with van der Waals surface area (Å²) in [4.78, 5) is 22.0. The molecular formula is C21H18ClF3N4O. The van der Waals surface area contributed by atoms with Crippen molar-refractivity contribution in [1.29, 1.82) is 0 Å². The first-order valence-corrected chi connectivity index (χ1v) is 9.48. The smallest absolute Gasteiger partial charge is 0.363 e. The fraction of sp³-hybridized carbons (Fsp3) is 0.190. The van der Waals surface area contributed by atoms with Crippen LogP contribution in [0.5, 0.6) is 0 Å². The van der Waals surface area contributed by atoms with Crippen LogP contribution in [0.25, 0.3) is 21.8 Å². The number of carbonyl (C=O) groups excluding carboxylic acids is 1. The third-order valence-electron chi connectivity index (χ3n) is 4.36. The van der Waals surface area contributed by atoms with E-state index >= 15 is 0 Å². The number of carbonyl (C=O) groups is 1. The highest BCUT2D eigenvalue weighted by Crippen LogP contribution is 2.36. The van der Waals surface area contributed by atoms with Gasteiger partial charge in [0, 0.05) is 22.0 Å². The fourth-order valence-electron chi connectivity index (χ4n) is 3.04. The molecule has 3 N–H and O–H groups in total. The maximum absolute atomic E-state index is 12.5. The summed E-state index contributed by atoms with van der Waals surface area (Å²) >= 11 is 5.73. The van der Waals surface area contributed by atoms with Gasteiger partial charge in [0.25, 0.3) is 5.91 Å². The Labute approximate surface area is 175 Å². The summed E-state index contributed by atoms with van der Waals surface area (Å²) in [6.45, 7) is 2.07. The van der Waals surface area contributed by atoms with Crippen LogP contribution in [0.2, 0.25) is 5.02 Å². The maximum atomic E-state index is 12.5. The number of halogens is 4. The van der Waals surface area contributed by atoms with Gasteiger partial charge in [0.15, 0.2) is 0 Å². The summed E-state index contributed by atoms with van der Waals surface area (Å²) in [6, 6.07) is 11.4. The fourth-order valence-corrected chi connectivity index (χ4v) is 3.26. The number of aryl methyl sites for hydroxylation is 1. The number of aromatic amines is 1. The first-order valence-electron chi connectivity index (χ1n) is 9.10. The number of fused-ring (bicyclic) bond motifs is 2. The van der Waals surface area contributed by atoms with Gasteiger partial charge in [-0.15, -0.1) is 0 Å². The normalized spacial score (nSPS) is 11.4. The van der Waals surface area contributed by atoms with Crippen molar-refractivity contribution < 1.29 is 18.0 Å². The van der Waals surface area contributed by atoms with E-state index in [0.717, 1.165) is 35.5 Å².